The fourth-order valence-corrected chi connectivity index (χ4v) is 3.90. The van der Waals surface area contributed by atoms with E-state index in [-0.39, 0.29) is 23.7 Å². The standard InChI is InChI=1S/C21H24F3N5O2/c1-20(2,30)13-6-8-15(9-7-13)25-17-10-11-18-26-27-19(29(18)28-17)31-16-5-3-4-14(12-16)21(22,23)24/h3-5,10-13,15,30H,6-9H2,1-2H3,(H,25,28). The van der Waals surface area contributed by atoms with Gasteiger partial charge in [-0.25, -0.2) is 0 Å². The predicted molar refractivity (Wildman–Crippen MR) is 108 cm³/mol. The summed E-state index contributed by atoms with van der Waals surface area (Å²) in [5.41, 5.74) is -1.07. The number of hydrogen-bond donors (Lipinski definition) is 2. The van der Waals surface area contributed by atoms with E-state index < -0.39 is 17.3 Å². The van der Waals surface area contributed by atoms with Crippen LogP contribution in [-0.2, 0) is 6.18 Å². The minimum Gasteiger partial charge on any atom is -0.423 e. The highest BCUT2D eigenvalue weighted by Crippen LogP contribution is 2.34. The second kappa shape index (κ2) is 7.99. The molecule has 1 aliphatic carbocycles. The summed E-state index contributed by atoms with van der Waals surface area (Å²) in [4.78, 5) is 0. The molecule has 0 radical (unpaired) electrons. The number of rotatable bonds is 5. The largest absolute Gasteiger partial charge is 0.423 e. The first-order valence-electron chi connectivity index (χ1n) is 10.2. The summed E-state index contributed by atoms with van der Waals surface area (Å²) in [6.45, 7) is 3.69. The average molecular weight is 435 g/mol. The molecule has 1 aliphatic rings. The lowest BCUT2D eigenvalue weighted by atomic mass is 9.77. The minimum atomic E-state index is -4.47. The SMILES string of the molecule is CC(C)(O)C1CCC(Nc2ccc3nnc(Oc4cccc(C(F)(F)F)c4)n3n2)CC1. The van der Waals surface area contributed by atoms with E-state index in [4.69, 9.17) is 4.74 Å². The number of aliphatic hydroxyl groups is 1. The second-order valence-electron chi connectivity index (χ2n) is 8.45. The lowest BCUT2D eigenvalue weighted by molar-refractivity contribution is -0.137. The van der Waals surface area contributed by atoms with E-state index in [0.717, 1.165) is 37.8 Å². The van der Waals surface area contributed by atoms with Crippen molar-refractivity contribution in [2.75, 3.05) is 5.32 Å². The van der Waals surface area contributed by atoms with Gasteiger partial charge in [0.25, 0.3) is 0 Å². The summed E-state index contributed by atoms with van der Waals surface area (Å²) in [6.07, 6.45) is -0.819. The van der Waals surface area contributed by atoms with Gasteiger partial charge in [0.15, 0.2) is 5.65 Å². The van der Waals surface area contributed by atoms with E-state index in [1.54, 1.807) is 12.1 Å². The number of nitrogens with one attached hydrogen (secondary N) is 1. The van der Waals surface area contributed by atoms with E-state index >= 15 is 0 Å². The number of aromatic nitrogens is 4. The first-order chi connectivity index (χ1) is 14.6. The maximum Gasteiger partial charge on any atom is 0.416 e. The Morgan fingerprint density at radius 1 is 1.06 bits per heavy atom. The highest BCUT2D eigenvalue weighted by molar-refractivity contribution is 5.45. The second-order valence-corrected chi connectivity index (χ2v) is 8.45. The first kappa shape index (κ1) is 21.4. The van der Waals surface area contributed by atoms with Gasteiger partial charge in [-0.2, -0.15) is 17.7 Å². The molecule has 0 spiro atoms. The van der Waals surface area contributed by atoms with Crippen molar-refractivity contribution in [3.05, 3.63) is 42.0 Å². The Bertz CT molecular complexity index is 1050. The molecule has 2 heterocycles. The normalized spacial score (nSPS) is 20.1. The van der Waals surface area contributed by atoms with Gasteiger partial charge in [-0.05, 0) is 75.8 Å². The Morgan fingerprint density at radius 2 is 1.81 bits per heavy atom. The van der Waals surface area contributed by atoms with Crippen molar-refractivity contribution in [2.24, 2.45) is 5.92 Å². The fraction of sp³-hybridized carbons (Fsp3) is 0.476. The van der Waals surface area contributed by atoms with Crippen LogP contribution in [-0.4, -0.2) is 36.6 Å². The number of halogens is 3. The molecule has 3 aromatic rings. The van der Waals surface area contributed by atoms with Crippen LogP contribution in [0.2, 0.25) is 0 Å². The summed E-state index contributed by atoms with van der Waals surface area (Å²) < 4.78 is 45.7. The van der Waals surface area contributed by atoms with Crippen LogP contribution >= 0.6 is 0 Å². The van der Waals surface area contributed by atoms with Crippen LogP contribution in [0, 0.1) is 5.92 Å². The van der Waals surface area contributed by atoms with Crippen LogP contribution in [0.5, 0.6) is 11.8 Å². The zero-order valence-electron chi connectivity index (χ0n) is 17.2. The van der Waals surface area contributed by atoms with Crippen molar-refractivity contribution in [1.29, 1.82) is 0 Å². The van der Waals surface area contributed by atoms with Crippen molar-refractivity contribution in [2.45, 2.75) is 57.3 Å². The summed E-state index contributed by atoms with van der Waals surface area (Å²) in [6, 6.07) is 8.25. The van der Waals surface area contributed by atoms with Crippen molar-refractivity contribution in [3.8, 4) is 11.8 Å². The van der Waals surface area contributed by atoms with Crippen molar-refractivity contribution in [3.63, 3.8) is 0 Å². The Morgan fingerprint density at radius 3 is 2.48 bits per heavy atom. The van der Waals surface area contributed by atoms with Gasteiger partial charge in [0.05, 0.1) is 11.2 Å². The smallest absolute Gasteiger partial charge is 0.416 e. The topological polar surface area (TPSA) is 84.6 Å². The summed E-state index contributed by atoms with van der Waals surface area (Å²) in [5, 5.41) is 25.9. The van der Waals surface area contributed by atoms with Gasteiger partial charge in [0.2, 0.25) is 0 Å². The summed E-state index contributed by atoms with van der Waals surface area (Å²) in [5.74, 6) is 0.855. The van der Waals surface area contributed by atoms with Crippen LogP contribution in [0.1, 0.15) is 45.1 Å². The number of anilines is 1. The molecular weight excluding hydrogens is 411 g/mol. The molecule has 0 aliphatic heterocycles. The quantitative estimate of drug-likeness (QED) is 0.606. The fourth-order valence-electron chi connectivity index (χ4n) is 3.90. The van der Waals surface area contributed by atoms with Gasteiger partial charge in [-0.1, -0.05) is 11.2 Å². The lowest BCUT2D eigenvalue weighted by Gasteiger charge is -2.36. The monoisotopic (exact) mass is 435 g/mol. The Labute approximate surface area is 177 Å². The highest BCUT2D eigenvalue weighted by Gasteiger charge is 2.32. The van der Waals surface area contributed by atoms with Crippen LogP contribution in [0.4, 0.5) is 19.0 Å². The molecule has 0 saturated heterocycles. The van der Waals surface area contributed by atoms with E-state index in [2.05, 4.69) is 20.6 Å². The van der Waals surface area contributed by atoms with Crippen LogP contribution in [0.25, 0.3) is 5.65 Å². The third kappa shape index (κ3) is 4.90. The first-order valence-corrected chi connectivity index (χ1v) is 10.2. The molecule has 7 nitrogen and oxygen atoms in total. The van der Waals surface area contributed by atoms with Crippen LogP contribution < -0.4 is 10.1 Å². The molecule has 1 aromatic carbocycles. The van der Waals surface area contributed by atoms with Gasteiger partial charge in [0, 0.05) is 6.04 Å². The lowest BCUT2D eigenvalue weighted by Crippen LogP contribution is -2.37. The number of benzene rings is 1. The van der Waals surface area contributed by atoms with E-state index in [1.165, 1.54) is 16.6 Å². The van der Waals surface area contributed by atoms with E-state index in [9.17, 15) is 18.3 Å². The Hall–Kier alpha value is -2.88. The number of fused-ring (bicyclic) bond motifs is 1. The molecule has 166 valence electrons. The zero-order chi connectivity index (χ0) is 22.2. The van der Waals surface area contributed by atoms with Gasteiger partial charge in [-0.3, -0.25) is 0 Å². The van der Waals surface area contributed by atoms with Crippen molar-refractivity contribution < 1.29 is 23.0 Å². The molecule has 0 atom stereocenters. The molecule has 2 N–H and O–H groups in total. The maximum absolute atomic E-state index is 12.9. The molecule has 1 fully saturated rings. The van der Waals surface area contributed by atoms with E-state index in [1.807, 2.05) is 13.8 Å². The molecule has 0 bridgehead atoms. The number of hydrogen-bond acceptors (Lipinski definition) is 6. The third-order valence-corrected chi connectivity index (χ3v) is 5.68. The van der Waals surface area contributed by atoms with Crippen molar-refractivity contribution >= 4 is 11.5 Å². The van der Waals surface area contributed by atoms with Crippen LogP contribution in [0.3, 0.4) is 0 Å². The molecule has 2 aromatic heterocycles. The number of alkyl halides is 3. The highest BCUT2D eigenvalue weighted by atomic mass is 19.4. The van der Waals surface area contributed by atoms with Crippen molar-refractivity contribution in [1.82, 2.24) is 19.8 Å². The molecule has 31 heavy (non-hydrogen) atoms. The van der Waals surface area contributed by atoms with Gasteiger partial charge < -0.3 is 15.2 Å². The number of nitrogens with zero attached hydrogens (tertiary/aromatic N) is 4. The van der Waals surface area contributed by atoms with Gasteiger partial charge in [-0.15, -0.1) is 10.2 Å². The molecule has 4 rings (SSSR count). The predicted octanol–water partition coefficient (Wildman–Crippen LogP) is 4.68. The molecule has 0 amide bonds. The molecule has 0 unspecified atom stereocenters. The van der Waals surface area contributed by atoms with Gasteiger partial charge in [0.1, 0.15) is 11.6 Å². The average Bonchev–Trinajstić information content (AvgIpc) is 3.09. The Kier molecular flexibility index (Phi) is 5.50. The molecule has 10 heteroatoms. The van der Waals surface area contributed by atoms with Gasteiger partial charge >= 0.3 is 12.2 Å². The maximum atomic E-state index is 12.9. The van der Waals surface area contributed by atoms with E-state index in [0.29, 0.717) is 11.5 Å². The molecular formula is C21H24F3N5O2. The van der Waals surface area contributed by atoms with Crippen LogP contribution in [0.15, 0.2) is 36.4 Å². The third-order valence-electron chi connectivity index (χ3n) is 5.68. The number of ether oxygens (including phenoxy) is 1. The minimum absolute atomic E-state index is 0.00534. The Balaban J connectivity index is 1.49. The molecule has 1 saturated carbocycles. The summed E-state index contributed by atoms with van der Waals surface area (Å²) >= 11 is 0. The summed E-state index contributed by atoms with van der Waals surface area (Å²) in [7, 11) is 0. The zero-order valence-corrected chi connectivity index (χ0v) is 17.2.